The predicted molar refractivity (Wildman–Crippen MR) is 48.3 cm³/mol. The lowest BCUT2D eigenvalue weighted by molar-refractivity contribution is 0.150. The fourth-order valence-corrected chi connectivity index (χ4v) is 1.43. The largest absolute Gasteiger partial charge is 0.267 e. The van der Waals surface area contributed by atoms with E-state index in [1.807, 2.05) is 6.07 Å². The van der Waals surface area contributed by atoms with Crippen LogP contribution < -0.4 is 0 Å². The second kappa shape index (κ2) is 4.34. The van der Waals surface area contributed by atoms with E-state index in [0.29, 0.717) is 5.56 Å². The average molecular weight is 217 g/mol. The van der Waals surface area contributed by atoms with Crippen molar-refractivity contribution in [1.82, 2.24) is 4.98 Å². The van der Waals surface area contributed by atoms with E-state index in [1.165, 1.54) is 13.1 Å². The third kappa shape index (κ3) is 1.99. The molecule has 1 heterocycles. The Morgan fingerprint density at radius 2 is 2.29 bits per heavy atom. The number of hydrogen-bond donors (Lipinski definition) is 0. The molecule has 0 aromatic carbocycles. The number of aromatic nitrogens is 1. The predicted octanol–water partition coefficient (Wildman–Crippen LogP) is 3.05. The fourth-order valence-electron chi connectivity index (χ4n) is 1.09. The zero-order chi connectivity index (χ0) is 10.7. The van der Waals surface area contributed by atoms with Crippen LogP contribution in [0.5, 0.6) is 0 Å². The number of nitrogens with zero attached hydrogens (tertiary/aromatic N) is 2. The molecule has 0 aliphatic rings. The van der Waals surface area contributed by atoms with Crippen molar-refractivity contribution in [3.8, 4) is 6.07 Å². The maximum Gasteiger partial charge on any atom is 0.267 e. The number of hydrogen-bond acceptors (Lipinski definition) is 2. The second-order valence-corrected chi connectivity index (χ2v) is 3.11. The van der Waals surface area contributed by atoms with Crippen molar-refractivity contribution in [2.45, 2.75) is 19.8 Å². The zero-order valence-electron chi connectivity index (χ0n) is 7.39. The Morgan fingerprint density at radius 3 is 2.79 bits per heavy atom. The minimum absolute atomic E-state index is 0.00810. The van der Waals surface area contributed by atoms with Gasteiger partial charge in [-0.05, 0) is 6.92 Å². The molecule has 0 aliphatic heterocycles. The van der Waals surface area contributed by atoms with Crippen molar-refractivity contribution >= 4 is 11.6 Å². The van der Waals surface area contributed by atoms with Crippen LogP contribution >= 0.6 is 11.6 Å². The van der Waals surface area contributed by atoms with Crippen LogP contribution in [0.25, 0.3) is 0 Å². The van der Waals surface area contributed by atoms with E-state index in [9.17, 15) is 8.78 Å². The smallest absolute Gasteiger partial charge is 0.261 e. The topological polar surface area (TPSA) is 36.7 Å². The standard InChI is InChI=1S/C9H7ClF2N2/c1-5-7(9(11)12)8(10)6(2-3-13)4-14-5/h4,9H,2H2,1H3. The third-order valence-electron chi connectivity index (χ3n) is 1.81. The highest BCUT2D eigenvalue weighted by Crippen LogP contribution is 2.31. The van der Waals surface area contributed by atoms with Crippen LogP contribution in [-0.2, 0) is 6.42 Å². The van der Waals surface area contributed by atoms with Gasteiger partial charge in [-0.2, -0.15) is 5.26 Å². The van der Waals surface area contributed by atoms with E-state index in [2.05, 4.69) is 4.98 Å². The van der Waals surface area contributed by atoms with Gasteiger partial charge in [0, 0.05) is 17.5 Å². The molecule has 0 N–H and O–H groups in total. The molecule has 0 bridgehead atoms. The number of aryl methyl sites for hydroxylation is 1. The molecule has 0 fully saturated rings. The number of halogens is 3. The van der Waals surface area contributed by atoms with E-state index in [1.54, 1.807) is 0 Å². The second-order valence-electron chi connectivity index (χ2n) is 2.73. The summed E-state index contributed by atoms with van der Waals surface area (Å²) in [5.41, 5.74) is 0.265. The Morgan fingerprint density at radius 1 is 1.64 bits per heavy atom. The Kier molecular flexibility index (Phi) is 3.37. The van der Waals surface area contributed by atoms with Crippen LogP contribution in [0, 0.1) is 18.3 Å². The molecule has 0 spiro atoms. The molecule has 74 valence electrons. The number of pyridine rings is 1. The molecule has 1 aromatic rings. The Bertz CT molecular complexity index is 385. The zero-order valence-corrected chi connectivity index (χ0v) is 8.15. The molecule has 0 aliphatic carbocycles. The molecule has 5 heteroatoms. The quantitative estimate of drug-likeness (QED) is 0.762. The molecule has 2 nitrogen and oxygen atoms in total. The summed E-state index contributed by atoms with van der Waals surface area (Å²) in [6.45, 7) is 1.46. The summed E-state index contributed by atoms with van der Waals surface area (Å²) >= 11 is 5.72. The van der Waals surface area contributed by atoms with E-state index in [0.717, 1.165) is 0 Å². The molecule has 14 heavy (non-hydrogen) atoms. The molecule has 0 radical (unpaired) electrons. The summed E-state index contributed by atoms with van der Waals surface area (Å²) in [6, 6.07) is 1.84. The van der Waals surface area contributed by atoms with E-state index in [4.69, 9.17) is 16.9 Å². The van der Waals surface area contributed by atoms with Gasteiger partial charge in [-0.3, -0.25) is 4.98 Å². The first kappa shape index (κ1) is 10.9. The number of rotatable bonds is 2. The molecule has 0 saturated carbocycles. The maximum atomic E-state index is 12.5. The maximum absolute atomic E-state index is 12.5. The fraction of sp³-hybridized carbons (Fsp3) is 0.333. The Balaban J connectivity index is 3.28. The Hall–Kier alpha value is -1.21. The van der Waals surface area contributed by atoms with Gasteiger partial charge in [-0.25, -0.2) is 8.78 Å². The minimum atomic E-state index is -2.66. The van der Waals surface area contributed by atoms with Crippen LogP contribution in [0.3, 0.4) is 0 Å². The monoisotopic (exact) mass is 216 g/mol. The molecule has 1 aromatic heterocycles. The summed E-state index contributed by atoms with van der Waals surface area (Å²) < 4.78 is 25.0. The highest BCUT2D eigenvalue weighted by atomic mass is 35.5. The van der Waals surface area contributed by atoms with E-state index >= 15 is 0 Å². The first-order valence-electron chi connectivity index (χ1n) is 3.87. The summed E-state index contributed by atoms with van der Waals surface area (Å²) in [5.74, 6) is 0. The van der Waals surface area contributed by atoms with Crippen LogP contribution in [0.2, 0.25) is 5.02 Å². The molecule has 0 atom stereocenters. The van der Waals surface area contributed by atoms with Gasteiger partial charge < -0.3 is 0 Å². The van der Waals surface area contributed by atoms with Crippen LogP contribution in [0.4, 0.5) is 8.78 Å². The van der Waals surface area contributed by atoms with Gasteiger partial charge in [-0.1, -0.05) is 11.6 Å². The van der Waals surface area contributed by atoms with Crippen molar-refractivity contribution in [3.63, 3.8) is 0 Å². The lowest BCUT2D eigenvalue weighted by atomic mass is 10.1. The van der Waals surface area contributed by atoms with Crippen LogP contribution in [-0.4, -0.2) is 4.98 Å². The molecular weight excluding hydrogens is 210 g/mol. The third-order valence-corrected chi connectivity index (χ3v) is 2.26. The SMILES string of the molecule is Cc1ncc(CC#N)c(Cl)c1C(F)F. The van der Waals surface area contributed by atoms with Gasteiger partial charge in [0.1, 0.15) is 0 Å². The number of nitriles is 1. The van der Waals surface area contributed by atoms with Gasteiger partial charge in [-0.15, -0.1) is 0 Å². The van der Waals surface area contributed by atoms with E-state index in [-0.39, 0.29) is 22.7 Å². The van der Waals surface area contributed by atoms with Crippen molar-refractivity contribution in [2.24, 2.45) is 0 Å². The summed E-state index contributed by atoms with van der Waals surface area (Å²) in [5, 5.41) is 8.37. The highest BCUT2D eigenvalue weighted by molar-refractivity contribution is 6.32. The Labute approximate surface area is 85.1 Å². The minimum Gasteiger partial charge on any atom is -0.261 e. The van der Waals surface area contributed by atoms with Gasteiger partial charge >= 0.3 is 0 Å². The van der Waals surface area contributed by atoms with Gasteiger partial charge in [0.15, 0.2) is 0 Å². The first-order chi connectivity index (χ1) is 6.57. The van der Waals surface area contributed by atoms with Crippen molar-refractivity contribution < 1.29 is 8.78 Å². The highest BCUT2D eigenvalue weighted by Gasteiger charge is 2.18. The molecule has 0 unspecified atom stereocenters. The van der Waals surface area contributed by atoms with Crippen LogP contribution in [0.15, 0.2) is 6.20 Å². The van der Waals surface area contributed by atoms with E-state index < -0.39 is 6.43 Å². The lowest BCUT2D eigenvalue weighted by Gasteiger charge is -2.08. The van der Waals surface area contributed by atoms with Gasteiger partial charge in [0.25, 0.3) is 6.43 Å². The van der Waals surface area contributed by atoms with Crippen molar-refractivity contribution in [1.29, 1.82) is 5.26 Å². The molecule has 1 rings (SSSR count). The summed E-state index contributed by atoms with van der Waals surface area (Å²) in [7, 11) is 0. The number of alkyl halides is 2. The summed E-state index contributed by atoms with van der Waals surface area (Å²) in [4.78, 5) is 3.76. The molecule has 0 saturated heterocycles. The average Bonchev–Trinajstić information content (AvgIpc) is 2.10. The lowest BCUT2D eigenvalue weighted by Crippen LogP contribution is -1.98. The summed E-state index contributed by atoms with van der Waals surface area (Å²) in [6.07, 6.45) is -1.31. The first-order valence-corrected chi connectivity index (χ1v) is 4.24. The van der Waals surface area contributed by atoms with Crippen molar-refractivity contribution in [2.75, 3.05) is 0 Å². The molecular formula is C9H7ClF2N2. The van der Waals surface area contributed by atoms with Crippen molar-refractivity contribution in [3.05, 3.63) is 28.0 Å². The van der Waals surface area contributed by atoms with Crippen LogP contribution in [0.1, 0.15) is 23.2 Å². The van der Waals surface area contributed by atoms with Gasteiger partial charge in [0.05, 0.1) is 23.1 Å². The normalized spacial score (nSPS) is 10.3. The molecule has 0 amide bonds. The van der Waals surface area contributed by atoms with Gasteiger partial charge in [0.2, 0.25) is 0 Å².